The molecule has 2 aliphatic heterocycles. The van der Waals surface area contributed by atoms with E-state index in [4.69, 9.17) is 19.4 Å². The number of alkyl halides is 3. The van der Waals surface area contributed by atoms with Crippen LogP contribution in [-0.4, -0.2) is 69.4 Å². The van der Waals surface area contributed by atoms with Gasteiger partial charge in [0, 0.05) is 25.2 Å². The van der Waals surface area contributed by atoms with Crippen molar-refractivity contribution in [3.8, 4) is 0 Å². The molecular weight excluding hydrogens is 431 g/mol. The Morgan fingerprint density at radius 1 is 1.19 bits per heavy atom. The Hall–Kier alpha value is -3.05. The highest BCUT2D eigenvalue weighted by Crippen LogP contribution is 2.32. The van der Waals surface area contributed by atoms with Gasteiger partial charge in [0.2, 0.25) is 0 Å². The predicted octanol–water partition coefficient (Wildman–Crippen LogP) is 2.70. The van der Waals surface area contributed by atoms with E-state index in [1.54, 1.807) is 24.7 Å². The molecule has 0 aromatic carbocycles. The number of hydrogen-bond acceptors (Lipinski definition) is 6. The number of halogens is 3. The van der Waals surface area contributed by atoms with Crippen molar-refractivity contribution < 1.29 is 37.3 Å². The molecule has 1 N–H and O–H groups in total. The van der Waals surface area contributed by atoms with Gasteiger partial charge in [0.05, 0.1) is 19.2 Å². The molecule has 0 spiro atoms. The van der Waals surface area contributed by atoms with Crippen molar-refractivity contribution in [3.63, 3.8) is 0 Å². The van der Waals surface area contributed by atoms with Crippen molar-refractivity contribution in [1.82, 2.24) is 14.9 Å². The maximum atomic E-state index is 12.9. The standard InChI is InChI=1S/C19H21N3O3.C2HF3O2/c23-19(15-4-1-2-8-21-15)22-12-17(18-16(22)5-3-11-24-18)25-13-14-6-9-20-10-7-14;3-2(4,5)1(6)7/h1-2,4,6-10,16-18H,3,5,11-13H2;(H,6,7)/t16-,17-,18+;/m1./s1. The molecule has 11 heteroatoms. The number of pyridine rings is 2. The molecule has 172 valence electrons. The van der Waals surface area contributed by atoms with Crippen molar-refractivity contribution in [1.29, 1.82) is 0 Å². The highest BCUT2D eigenvalue weighted by atomic mass is 19.4. The second-order valence-electron chi connectivity index (χ2n) is 7.23. The summed E-state index contributed by atoms with van der Waals surface area (Å²) in [6.45, 7) is 1.75. The summed E-state index contributed by atoms with van der Waals surface area (Å²) in [7, 11) is 0. The van der Waals surface area contributed by atoms with Gasteiger partial charge in [-0.2, -0.15) is 13.2 Å². The van der Waals surface area contributed by atoms with Crippen LogP contribution in [0.1, 0.15) is 28.9 Å². The Kier molecular flexibility index (Phi) is 7.75. The fourth-order valence-corrected chi connectivity index (χ4v) is 3.61. The number of carboxylic acid groups (broad SMARTS) is 1. The van der Waals surface area contributed by atoms with Crippen molar-refractivity contribution in [2.45, 2.75) is 43.9 Å². The number of nitrogens with zero attached hydrogens (tertiary/aromatic N) is 3. The zero-order valence-corrected chi connectivity index (χ0v) is 16.9. The highest BCUT2D eigenvalue weighted by molar-refractivity contribution is 5.92. The summed E-state index contributed by atoms with van der Waals surface area (Å²) < 4.78 is 43.8. The number of rotatable bonds is 4. The molecule has 1 amide bonds. The molecule has 32 heavy (non-hydrogen) atoms. The minimum Gasteiger partial charge on any atom is -0.475 e. The van der Waals surface area contributed by atoms with E-state index in [0.717, 1.165) is 25.0 Å². The Morgan fingerprint density at radius 2 is 1.91 bits per heavy atom. The first-order valence-corrected chi connectivity index (χ1v) is 9.91. The number of aromatic nitrogens is 2. The maximum absolute atomic E-state index is 12.9. The zero-order valence-electron chi connectivity index (χ0n) is 16.9. The molecule has 0 unspecified atom stereocenters. The lowest BCUT2D eigenvalue weighted by molar-refractivity contribution is -0.192. The molecule has 8 nitrogen and oxygen atoms in total. The Labute approximate surface area is 182 Å². The molecule has 2 fully saturated rings. The second-order valence-corrected chi connectivity index (χ2v) is 7.23. The summed E-state index contributed by atoms with van der Waals surface area (Å²) in [6.07, 6.45) is 1.79. The van der Waals surface area contributed by atoms with Gasteiger partial charge in [0.25, 0.3) is 5.91 Å². The quantitative estimate of drug-likeness (QED) is 0.760. The minimum atomic E-state index is -5.08. The van der Waals surface area contributed by atoms with Crippen LogP contribution < -0.4 is 0 Å². The number of hydrogen-bond donors (Lipinski definition) is 1. The van der Waals surface area contributed by atoms with E-state index >= 15 is 0 Å². The smallest absolute Gasteiger partial charge is 0.475 e. The number of amides is 1. The summed E-state index contributed by atoms with van der Waals surface area (Å²) >= 11 is 0. The summed E-state index contributed by atoms with van der Waals surface area (Å²) in [4.78, 5) is 31.9. The van der Waals surface area contributed by atoms with Gasteiger partial charge < -0.3 is 19.5 Å². The van der Waals surface area contributed by atoms with Gasteiger partial charge >= 0.3 is 12.1 Å². The van der Waals surface area contributed by atoms with Crippen LogP contribution in [0, 0.1) is 0 Å². The number of likely N-dealkylation sites (tertiary alicyclic amines) is 1. The summed E-state index contributed by atoms with van der Waals surface area (Å²) in [6, 6.07) is 9.34. The lowest BCUT2D eigenvalue weighted by Gasteiger charge is -2.32. The molecule has 4 heterocycles. The van der Waals surface area contributed by atoms with Crippen molar-refractivity contribution in [2.75, 3.05) is 13.2 Å². The number of ether oxygens (including phenoxy) is 2. The highest BCUT2D eigenvalue weighted by Gasteiger charge is 2.47. The number of aliphatic carboxylic acids is 1. The molecule has 2 saturated heterocycles. The topological polar surface area (TPSA) is 102 Å². The first-order valence-electron chi connectivity index (χ1n) is 9.91. The van der Waals surface area contributed by atoms with Crippen LogP contribution in [0.25, 0.3) is 0 Å². The number of carbonyl (C=O) groups excluding carboxylic acids is 1. The van der Waals surface area contributed by atoms with E-state index in [2.05, 4.69) is 9.97 Å². The van der Waals surface area contributed by atoms with Crippen LogP contribution in [0.15, 0.2) is 48.9 Å². The van der Waals surface area contributed by atoms with Crippen LogP contribution in [0.4, 0.5) is 13.2 Å². The van der Waals surface area contributed by atoms with Crippen LogP contribution in [0.3, 0.4) is 0 Å². The number of carbonyl (C=O) groups is 2. The SMILES string of the molecule is O=C(O)C(F)(F)F.O=C(c1ccccn1)N1C[C@@H](OCc2ccncc2)[C@H]2OCCC[C@H]21. The number of carboxylic acids is 1. The minimum absolute atomic E-state index is 0.0453. The van der Waals surface area contributed by atoms with Gasteiger partial charge in [-0.1, -0.05) is 6.07 Å². The van der Waals surface area contributed by atoms with E-state index in [9.17, 15) is 18.0 Å². The largest absolute Gasteiger partial charge is 0.490 e. The Balaban J connectivity index is 0.000000360. The molecule has 0 bridgehead atoms. The van der Waals surface area contributed by atoms with Crippen LogP contribution >= 0.6 is 0 Å². The maximum Gasteiger partial charge on any atom is 0.490 e. The van der Waals surface area contributed by atoms with Crippen molar-refractivity contribution in [3.05, 3.63) is 60.2 Å². The predicted molar refractivity (Wildman–Crippen MR) is 105 cm³/mol. The van der Waals surface area contributed by atoms with Crippen molar-refractivity contribution >= 4 is 11.9 Å². The Morgan fingerprint density at radius 3 is 2.53 bits per heavy atom. The molecule has 2 aliphatic rings. The molecule has 0 radical (unpaired) electrons. The molecule has 0 saturated carbocycles. The molecule has 2 aromatic heterocycles. The average molecular weight is 453 g/mol. The van der Waals surface area contributed by atoms with Gasteiger partial charge in [0.1, 0.15) is 17.9 Å². The second kappa shape index (κ2) is 10.5. The van der Waals surface area contributed by atoms with E-state index < -0.39 is 12.1 Å². The van der Waals surface area contributed by atoms with Crippen molar-refractivity contribution in [2.24, 2.45) is 0 Å². The summed E-state index contributed by atoms with van der Waals surface area (Å²) in [5.41, 5.74) is 1.54. The van der Waals surface area contributed by atoms with Gasteiger partial charge in [-0.15, -0.1) is 0 Å². The van der Waals surface area contributed by atoms with E-state index in [0.29, 0.717) is 18.8 Å². The molecule has 0 aliphatic carbocycles. The average Bonchev–Trinajstić information content (AvgIpc) is 3.17. The lowest BCUT2D eigenvalue weighted by atomic mass is 10.0. The van der Waals surface area contributed by atoms with Crippen LogP contribution in [0.2, 0.25) is 0 Å². The van der Waals surface area contributed by atoms with E-state index in [1.165, 1.54) is 0 Å². The third kappa shape index (κ3) is 6.01. The molecule has 3 atom stereocenters. The van der Waals surface area contributed by atoms with Gasteiger partial charge in [-0.25, -0.2) is 4.79 Å². The fourth-order valence-electron chi connectivity index (χ4n) is 3.61. The molecule has 2 aromatic rings. The Bertz CT molecular complexity index is 899. The number of fused-ring (bicyclic) bond motifs is 1. The first kappa shape index (κ1) is 23.6. The fraction of sp³-hybridized carbons (Fsp3) is 0.429. The van der Waals surface area contributed by atoms with E-state index in [-0.39, 0.29) is 24.2 Å². The monoisotopic (exact) mass is 453 g/mol. The molecule has 4 rings (SSSR count). The third-order valence-corrected chi connectivity index (χ3v) is 5.08. The summed E-state index contributed by atoms with van der Waals surface area (Å²) in [5.74, 6) is -2.80. The van der Waals surface area contributed by atoms with Gasteiger partial charge in [-0.3, -0.25) is 14.8 Å². The summed E-state index contributed by atoms with van der Waals surface area (Å²) in [5, 5.41) is 7.12. The lowest BCUT2D eigenvalue weighted by Crippen LogP contribution is -2.44. The zero-order chi connectivity index (χ0) is 23.1. The van der Waals surface area contributed by atoms with Crippen LogP contribution in [0.5, 0.6) is 0 Å². The van der Waals surface area contributed by atoms with Gasteiger partial charge in [-0.05, 0) is 42.7 Å². The normalized spacial score (nSPS) is 22.5. The van der Waals surface area contributed by atoms with E-state index in [1.807, 2.05) is 29.2 Å². The van der Waals surface area contributed by atoms with Gasteiger partial charge in [0.15, 0.2) is 0 Å². The first-order chi connectivity index (χ1) is 15.3. The third-order valence-electron chi connectivity index (χ3n) is 5.08. The molecular formula is C21H22F3N3O5. The van der Waals surface area contributed by atoms with Crippen LogP contribution in [-0.2, 0) is 20.9 Å².